The number of amides is 1. The third-order valence-corrected chi connectivity index (χ3v) is 13.9. The normalized spacial score (nSPS) is 16.3. The third kappa shape index (κ3) is 6.52. The van der Waals surface area contributed by atoms with E-state index in [0.717, 1.165) is 45.5 Å². The summed E-state index contributed by atoms with van der Waals surface area (Å²) in [4.78, 5) is 30.0. The average Bonchev–Trinajstić information content (AvgIpc) is 3.64. The molecular weight excluding hydrogens is 694 g/mol. The van der Waals surface area contributed by atoms with Crippen molar-refractivity contribution in [1.29, 1.82) is 0 Å². The molecule has 0 radical (unpaired) electrons. The number of fused-ring (bicyclic) bond motifs is 1. The van der Waals surface area contributed by atoms with Crippen LogP contribution < -0.4 is 9.21 Å². The van der Waals surface area contributed by atoms with Gasteiger partial charge in [-0.15, -0.1) is 22.7 Å². The Hall–Kier alpha value is -2.93. The van der Waals surface area contributed by atoms with E-state index in [2.05, 4.69) is 20.8 Å². The Bertz CT molecular complexity index is 1820. The van der Waals surface area contributed by atoms with Gasteiger partial charge in [0.1, 0.15) is 9.75 Å². The Morgan fingerprint density at radius 1 is 1.00 bits per heavy atom. The number of carboxylic acids is 1. The monoisotopic (exact) mass is 729 g/mol. The molecule has 2 aromatic heterocycles. The van der Waals surface area contributed by atoms with Crippen molar-refractivity contribution in [2.75, 3.05) is 41.9 Å². The van der Waals surface area contributed by atoms with E-state index in [4.69, 9.17) is 0 Å². The molecule has 0 unspecified atom stereocenters. The van der Waals surface area contributed by atoms with Crippen molar-refractivity contribution in [2.24, 2.45) is 5.92 Å². The number of thiophene rings is 2. The summed E-state index contributed by atoms with van der Waals surface area (Å²) in [5, 5.41) is 12.2. The smallest absolute Gasteiger partial charge is 0.346 e. The lowest BCUT2D eigenvalue weighted by Crippen LogP contribution is -2.49. The summed E-state index contributed by atoms with van der Waals surface area (Å²) >= 11 is 6.06. The summed E-state index contributed by atoms with van der Waals surface area (Å²) in [6.45, 7) is 4.32. The molecule has 1 saturated heterocycles. The van der Waals surface area contributed by atoms with Gasteiger partial charge in [-0.3, -0.25) is 9.10 Å². The molecule has 8 nitrogen and oxygen atoms in total. The first-order valence-corrected chi connectivity index (χ1v) is 19.2. The van der Waals surface area contributed by atoms with Gasteiger partial charge in [0.25, 0.3) is 15.9 Å². The van der Waals surface area contributed by atoms with Gasteiger partial charge in [0.05, 0.1) is 16.3 Å². The highest BCUT2D eigenvalue weighted by Gasteiger charge is 2.32. The number of aryl methyl sites for hydroxylation is 1. The van der Waals surface area contributed by atoms with Crippen LogP contribution in [0.2, 0.25) is 0 Å². The van der Waals surface area contributed by atoms with Crippen LogP contribution in [0.25, 0.3) is 10.1 Å². The number of benzene rings is 2. The zero-order valence-corrected chi connectivity index (χ0v) is 29.1. The van der Waals surface area contributed by atoms with Gasteiger partial charge in [-0.05, 0) is 87.9 Å². The van der Waals surface area contributed by atoms with Crippen LogP contribution in [0.3, 0.4) is 0 Å². The first-order chi connectivity index (χ1) is 21.6. The molecule has 1 saturated carbocycles. The number of carbonyl (C=O) groups excluding carboxylic acids is 1. The quantitative estimate of drug-likeness (QED) is 0.188. The van der Waals surface area contributed by atoms with E-state index in [9.17, 15) is 23.1 Å². The number of halogens is 1. The molecule has 1 amide bonds. The molecule has 0 atom stereocenters. The van der Waals surface area contributed by atoms with Gasteiger partial charge in [0.2, 0.25) is 0 Å². The molecule has 1 N–H and O–H groups in total. The highest BCUT2D eigenvalue weighted by atomic mass is 79.9. The lowest BCUT2D eigenvalue weighted by atomic mass is 9.87. The van der Waals surface area contributed by atoms with Crippen molar-refractivity contribution in [3.8, 4) is 0 Å². The molecular formula is C33H36BrN3O5S3. The molecule has 0 bridgehead atoms. The molecule has 2 aromatic carbocycles. The maximum absolute atomic E-state index is 14.6. The van der Waals surface area contributed by atoms with Crippen molar-refractivity contribution in [3.05, 3.63) is 73.7 Å². The number of hydrogen-bond donors (Lipinski definition) is 1. The summed E-state index contributed by atoms with van der Waals surface area (Å²) < 4.78 is 32.3. The largest absolute Gasteiger partial charge is 0.477 e. The predicted octanol–water partition coefficient (Wildman–Crippen LogP) is 7.86. The highest BCUT2D eigenvalue weighted by Crippen LogP contribution is 2.38. The van der Waals surface area contributed by atoms with Gasteiger partial charge in [-0.1, -0.05) is 44.2 Å². The van der Waals surface area contributed by atoms with Gasteiger partial charge in [0.15, 0.2) is 0 Å². The third-order valence-electron chi connectivity index (χ3n) is 9.02. The topological polar surface area (TPSA) is 98.2 Å². The van der Waals surface area contributed by atoms with Crippen LogP contribution in [0, 0.1) is 12.8 Å². The summed E-state index contributed by atoms with van der Waals surface area (Å²) in [5.41, 5.74) is 2.04. The standard InChI is InChI=1S/C33H36BrN3O5S3/c1-22-25-21-24(11-12-29(25)44-30(22)33(39)40)45(41,42)37(15-13-23-7-3-2-4-8-23)28-10-6-5-9-27(28)35-16-18-36(19-17-35)32(38)31-26(34)14-20-43-31/h5-6,9-12,14,20-21,23H,2-4,7-8,13,15-19H2,1H3,(H,39,40). The Morgan fingerprint density at radius 3 is 2.42 bits per heavy atom. The summed E-state index contributed by atoms with van der Waals surface area (Å²) in [5.74, 6) is -0.521. The number of rotatable bonds is 9. The fraction of sp³-hybridized carbons (Fsp3) is 0.394. The van der Waals surface area contributed by atoms with Crippen LogP contribution in [0.4, 0.5) is 11.4 Å². The van der Waals surface area contributed by atoms with Gasteiger partial charge in [-0.2, -0.15) is 0 Å². The number of hydrogen-bond acceptors (Lipinski definition) is 7. The number of carboxylic acid groups (broad SMARTS) is 1. The lowest BCUT2D eigenvalue weighted by Gasteiger charge is -2.38. The molecule has 238 valence electrons. The number of sulfonamides is 1. The average molecular weight is 731 g/mol. The van der Waals surface area contributed by atoms with E-state index in [1.54, 1.807) is 29.4 Å². The minimum Gasteiger partial charge on any atom is -0.477 e. The second kappa shape index (κ2) is 13.4. The van der Waals surface area contributed by atoms with E-state index >= 15 is 0 Å². The minimum absolute atomic E-state index is 0.00617. The lowest BCUT2D eigenvalue weighted by molar-refractivity contribution is 0.0700. The zero-order chi connectivity index (χ0) is 31.7. The van der Waals surface area contributed by atoms with Crippen LogP contribution in [0.1, 0.15) is 63.4 Å². The first kappa shape index (κ1) is 32.0. The summed E-state index contributed by atoms with van der Waals surface area (Å²) in [6.07, 6.45) is 6.60. The molecule has 1 aliphatic carbocycles. The summed E-state index contributed by atoms with van der Waals surface area (Å²) in [7, 11) is -4.00. The van der Waals surface area contributed by atoms with E-state index in [1.165, 1.54) is 30.6 Å². The molecule has 12 heteroatoms. The Balaban J connectivity index is 1.32. The number of aromatic carboxylic acids is 1. The SMILES string of the molecule is Cc1c(C(=O)O)sc2ccc(S(=O)(=O)N(CCC3CCCCC3)c3ccccc3N3CCN(C(=O)c4sccc4Br)CC3)cc12. The van der Waals surface area contributed by atoms with Crippen LogP contribution in [-0.2, 0) is 10.0 Å². The molecule has 45 heavy (non-hydrogen) atoms. The Kier molecular flexibility index (Phi) is 9.56. The van der Waals surface area contributed by atoms with Gasteiger partial charge < -0.3 is 14.9 Å². The van der Waals surface area contributed by atoms with Gasteiger partial charge in [0, 0.05) is 41.9 Å². The minimum atomic E-state index is -4.00. The maximum atomic E-state index is 14.6. The van der Waals surface area contributed by atoms with E-state index in [0.29, 0.717) is 60.2 Å². The van der Waals surface area contributed by atoms with E-state index in [1.807, 2.05) is 40.6 Å². The van der Waals surface area contributed by atoms with Crippen LogP contribution in [-0.4, -0.2) is 63.0 Å². The van der Waals surface area contributed by atoms with Crippen molar-refractivity contribution in [3.63, 3.8) is 0 Å². The second-order valence-corrected chi connectivity index (χ2v) is 16.4. The van der Waals surface area contributed by atoms with Gasteiger partial charge >= 0.3 is 5.97 Å². The Labute approximate surface area is 280 Å². The number of nitrogens with zero attached hydrogens (tertiary/aromatic N) is 3. The summed E-state index contributed by atoms with van der Waals surface area (Å²) in [6, 6.07) is 14.5. The van der Waals surface area contributed by atoms with Crippen molar-refractivity contribution in [1.82, 2.24) is 4.90 Å². The van der Waals surface area contributed by atoms with E-state index in [-0.39, 0.29) is 15.7 Å². The van der Waals surface area contributed by atoms with E-state index < -0.39 is 16.0 Å². The van der Waals surface area contributed by atoms with Crippen molar-refractivity contribution >= 4 is 82.0 Å². The molecule has 2 fully saturated rings. The van der Waals surface area contributed by atoms with Crippen molar-refractivity contribution in [2.45, 2.75) is 50.3 Å². The van der Waals surface area contributed by atoms with Crippen LogP contribution >= 0.6 is 38.6 Å². The van der Waals surface area contributed by atoms with Gasteiger partial charge in [-0.25, -0.2) is 13.2 Å². The molecule has 2 aliphatic rings. The zero-order valence-electron chi connectivity index (χ0n) is 25.1. The Morgan fingerprint density at radius 2 is 1.73 bits per heavy atom. The van der Waals surface area contributed by atoms with Crippen LogP contribution in [0.5, 0.6) is 0 Å². The fourth-order valence-electron chi connectivity index (χ4n) is 6.52. The fourth-order valence-corrected chi connectivity index (χ4v) is 10.6. The predicted molar refractivity (Wildman–Crippen MR) is 186 cm³/mol. The maximum Gasteiger partial charge on any atom is 0.346 e. The number of carbonyl (C=O) groups is 2. The molecule has 4 aromatic rings. The number of anilines is 2. The highest BCUT2D eigenvalue weighted by molar-refractivity contribution is 9.10. The molecule has 6 rings (SSSR count). The molecule has 1 aliphatic heterocycles. The number of piperazine rings is 1. The first-order valence-electron chi connectivity index (χ1n) is 15.3. The number of para-hydroxylation sites is 2. The molecule has 3 heterocycles. The second-order valence-electron chi connectivity index (χ2n) is 11.8. The molecule has 0 spiro atoms. The van der Waals surface area contributed by atoms with Crippen molar-refractivity contribution < 1.29 is 23.1 Å². The van der Waals surface area contributed by atoms with Crippen LogP contribution in [0.15, 0.2) is 63.3 Å².